The molecule has 0 N–H and O–H groups in total. The molecule has 0 aliphatic rings. The highest BCUT2D eigenvalue weighted by Gasteiger charge is 2.19. The summed E-state index contributed by atoms with van der Waals surface area (Å²) in [6, 6.07) is 0. The Hall–Kier alpha value is -4.45. The molecule has 0 aliphatic carbocycles. The zero-order valence-electron chi connectivity index (χ0n) is 39.3. The van der Waals surface area contributed by atoms with Gasteiger partial charge in [0.25, 0.3) is 0 Å². The molecule has 0 aromatic heterocycles. The summed E-state index contributed by atoms with van der Waals surface area (Å²) in [6.07, 6.45) is 69.0. The second kappa shape index (κ2) is 49.2. The third-order valence-electron chi connectivity index (χ3n) is 9.42. The molecule has 0 rings (SSSR count). The average molecular weight is 855 g/mol. The molecule has 0 spiro atoms. The van der Waals surface area contributed by atoms with Gasteiger partial charge in [0.2, 0.25) is 0 Å². The topological polar surface area (TPSA) is 78.9 Å². The molecule has 0 heterocycles. The second-order valence-corrected chi connectivity index (χ2v) is 15.3. The van der Waals surface area contributed by atoms with E-state index in [4.69, 9.17) is 14.2 Å². The van der Waals surface area contributed by atoms with Gasteiger partial charge in [-0.3, -0.25) is 14.4 Å². The van der Waals surface area contributed by atoms with Crippen LogP contribution in [0.4, 0.5) is 0 Å². The molecule has 346 valence electrons. The summed E-state index contributed by atoms with van der Waals surface area (Å²) in [5, 5.41) is 0. The Morgan fingerprint density at radius 3 is 1.16 bits per heavy atom. The molecular weight excluding hydrogens is 769 g/mol. The summed E-state index contributed by atoms with van der Waals surface area (Å²) in [7, 11) is 0. The first-order valence-corrected chi connectivity index (χ1v) is 24.2. The van der Waals surface area contributed by atoms with Crippen molar-refractivity contribution in [2.45, 2.75) is 187 Å². The molecule has 0 amide bonds. The normalized spacial score (nSPS) is 13.3. The Morgan fingerprint density at radius 2 is 0.710 bits per heavy atom. The first kappa shape index (κ1) is 57.5. The quantitative estimate of drug-likeness (QED) is 0.0264. The van der Waals surface area contributed by atoms with Crippen molar-refractivity contribution in [2.24, 2.45) is 0 Å². The fourth-order valence-electron chi connectivity index (χ4n) is 5.85. The van der Waals surface area contributed by atoms with Gasteiger partial charge in [0.15, 0.2) is 6.10 Å². The highest BCUT2D eigenvalue weighted by Crippen LogP contribution is 2.10. The van der Waals surface area contributed by atoms with Crippen LogP contribution in [0.15, 0.2) is 134 Å². The smallest absolute Gasteiger partial charge is 0.310 e. The summed E-state index contributed by atoms with van der Waals surface area (Å²) >= 11 is 0. The number of hydrogen-bond donors (Lipinski definition) is 0. The molecule has 0 aliphatic heterocycles. The lowest BCUT2D eigenvalue weighted by atomic mass is 10.1. The van der Waals surface area contributed by atoms with E-state index in [2.05, 4.69) is 130 Å². The van der Waals surface area contributed by atoms with E-state index in [9.17, 15) is 14.4 Å². The van der Waals surface area contributed by atoms with Crippen LogP contribution in [-0.4, -0.2) is 37.2 Å². The van der Waals surface area contributed by atoms with E-state index in [1.807, 2.05) is 18.2 Å². The van der Waals surface area contributed by atoms with E-state index in [1.165, 1.54) is 32.1 Å². The Labute approximate surface area is 379 Å². The number of rotatable bonds is 41. The molecule has 0 fully saturated rings. The lowest BCUT2D eigenvalue weighted by Crippen LogP contribution is -2.30. The number of carbonyl (C=O) groups excluding carboxylic acids is 3. The van der Waals surface area contributed by atoms with Gasteiger partial charge in [-0.05, 0) is 103 Å². The predicted molar refractivity (Wildman–Crippen MR) is 265 cm³/mol. The molecule has 62 heavy (non-hydrogen) atoms. The summed E-state index contributed by atoms with van der Waals surface area (Å²) in [5.74, 6) is -1.19. The maximum atomic E-state index is 12.7. The van der Waals surface area contributed by atoms with Gasteiger partial charge >= 0.3 is 17.9 Å². The van der Waals surface area contributed by atoms with E-state index in [1.54, 1.807) is 6.08 Å². The highest BCUT2D eigenvalue weighted by molar-refractivity contribution is 5.72. The van der Waals surface area contributed by atoms with Crippen molar-refractivity contribution < 1.29 is 28.6 Å². The molecular formula is C56H86O6. The summed E-state index contributed by atoms with van der Waals surface area (Å²) in [4.78, 5) is 37.8. The van der Waals surface area contributed by atoms with Crippen molar-refractivity contribution in [2.75, 3.05) is 13.2 Å². The van der Waals surface area contributed by atoms with Gasteiger partial charge in [-0.15, -0.1) is 0 Å². The third kappa shape index (κ3) is 46.6. The minimum atomic E-state index is -0.870. The maximum Gasteiger partial charge on any atom is 0.310 e. The fourth-order valence-corrected chi connectivity index (χ4v) is 5.85. The number of unbranched alkanes of at least 4 members (excludes halogenated alkanes) is 9. The second-order valence-electron chi connectivity index (χ2n) is 15.3. The summed E-state index contributed by atoms with van der Waals surface area (Å²) in [6.45, 7) is 6.19. The molecule has 0 radical (unpaired) electrons. The molecule has 0 aromatic carbocycles. The van der Waals surface area contributed by atoms with E-state index >= 15 is 0 Å². The standard InChI is InChI=1S/C56H86O6/c1-4-7-10-13-16-19-22-25-27-29-31-34-37-40-43-46-49-55(58)61-52-53(51-60-54(57)48-45-42-39-36-33-30-24-21-18-15-12-9-6-3)62-56(59)50-47-44-41-38-35-32-28-26-23-20-17-14-11-8-5-2/h8-9,11-12,17-22,26-30,33,35,38-39,42,44,47,53H,4-7,10,13-16,23-25,31-32,34,36-37,40-41,43,45-46,48-52H2,1-3H3/b11-8-,12-9-,20-17-,21-18-,22-19-,28-26-,29-27-,33-30-,38-35-,42-39-,47-44-. The van der Waals surface area contributed by atoms with Crippen LogP contribution in [-0.2, 0) is 28.6 Å². The monoisotopic (exact) mass is 855 g/mol. The van der Waals surface area contributed by atoms with Gasteiger partial charge in [-0.25, -0.2) is 0 Å². The first-order valence-electron chi connectivity index (χ1n) is 24.2. The molecule has 1 unspecified atom stereocenters. The zero-order chi connectivity index (χ0) is 45.1. The molecule has 0 saturated heterocycles. The zero-order valence-corrected chi connectivity index (χ0v) is 39.3. The van der Waals surface area contributed by atoms with Crippen molar-refractivity contribution >= 4 is 17.9 Å². The van der Waals surface area contributed by atoms with Crippen LogP contribution < -0.4 is 0 Å². The van der Waals surface area contributed by atoms with Crippen LogP contribution in [0.25, 0.3) is 0 Å². The van der Waals surface area contributed by atoms with E-state index in [0.29, 0.717) is 19.3 Å². The Morgan fingerprint density at radius 1 is 0.355 bits per heavy atom. The number of esters is 3. The molecule has 0 saturated carbocycles. The number of ether oxygens (including phenoxy) is 3. The van der Waals surface area contributed by atoms with Gasteiger partial charge in [0.1, 0.15) is 13.2 Å². The van der Waals surface area contributed by atoms with Gasteiger partial charge in [-0.1, -0.05) is 193 Å². The largest absolute Gasteiger partial charge is 0.462 e. The molecule has 6 heteroatoms. The van der Waals surface area contributed by atoms with Crippen LogP contribution in [0, 0.1) is 0 Å². The van der Waals surface area contributed by atoms with Crippen molar-refractivity contribution in [3.63, 3.8) is 0 Å². The van der Waals surface area contributed by atoms with Crippen LogP contribution in [0.5, 0.6) is 0 Å². The van der Waals surface area contributed by atoms with Crippen molar-refractivity contribution in [1.82, 2.24) is 0 Å². The Bertz CT molecular complexity index is 1400. The van der Waals surface area contributed by atoms with E-state index < -0.39 is 18.0 Å². The number of hydrogen-bond acceptors (Lipinski definition) is 6. The van der Waals surface area contributed by atoms with Crippen LogP contribution in [0.3, 0.4) is 0 Å². The molecule has 0 aromatic rings. The van der Waals surface area contributed by atoms with E-state index in [0.717, 1.165) is 96.3 Å². The highest BCUT2D eigenvalue weighted by atomic mass is 16.6. The van der Waals surface area contributed by atoms with Crippen LogP contribution >= 0.6 is 0 Å². The third-order valence-corrected chi connectivity index (χ3v) is 9.42. The molecule has 0 bridgehead atoms. The van der Waals surface area contributed by atoms with Crippen molar-refractivity contribution in [1.29, 1.82) is 0 Å². The van der Waals surface area contributed by atoms with Gasteiger partial charge < -0.3 is 14.2 Å². The minimum absolute atomic E-state index is 0.0732. The van der Waals surface area contributed by atoms with Gasteiger partial charge in [-0.2, -0.15) is 0 Å². The SMILES string of the molecule is CC/C=C\C/C=C\C/C=C\C/C=C\C/C=C\CC(=O)OC(COC(=O)CC/C=C\C/C=C\C/C=C\C/C=C\CC)COC(=O)CCCCCCC/C=C\C/C=C\CCCCCC. The van der Waals surface area contributed by atoms with Gasteiger partial charge in [0, 0.05) is 12.8 Å². The Kier molecular flexibility index (Phi) is 45.7. The lowest BCUT2D eigenvalue weighted by Gasteiger charge is -2.18. The molecule has 1 atom stereocenters. The van der Waals surface area contributed by atoms with E-state index in [-0.39, 0.29) is 32.0 Å². The van der Waals surface area contributed by atoms with Crippen LogP contribution in [0.1, 0.15) is 181 Å². The van der Waals surface area contributed by atoms with Crippen LogP contribution in [0.2, 0.25) is 0 Å². The number of allylic oxidation sites excluding steroid dienone is 21. The van der Waals surface area contributed by atoms with Gasteiger partial charge in [0.05, 0.1) is 6.42 Å². The minimum Gasteiger partial charge on any atom is -0.462 e. The molecule has 6 nitrogen and oxygen atoms in total. The average Bonchev–Trinajstić information content (AvgIpc) is 3.27. The first-order chi connectivity index (χ1) is 30.5. The number of carbonyl (C=O) groups is 3. The fraction of sp³-hybridized carbons (Fsp3) is 0.554. The Balaban J connectivity index is 4.65. The lowest BCUT2D eigenvalue weighted by molar-refractivity contribution is -0.166. The summed E-state index contributed by atoms with van der Waals surface area (Å²) in [5.41, 5.74) is 0. The summed E-state index contributed by atoms with van der Waals surface area (Å²) < 4.78 is 16.6. The predicted octanol–water partition coefficient (Wildman–Crippen LogP) is 15.9. The van der Waals surface area contributed by atoms with Crippen molar-refractivity contribution in [3.8, 4) is 0 Å². The van der Waals surface area contributed by atoms with Crippen molar-refractivity contribution in [3.05, 3.63) is 134 Å². The maximum absolute atomic E-state index is 12.7.